The molecule has 0 N–H and O–H groups in total. The molecule has 0 saturated heterocycles. The quantitative estimate of drug-likeness (QED) is 0.692. The van der Waals surface area contributed by atoms with Gasteiger partial charge in [-0.2, -0.15) is 0 Å². The van der Waals surface area contributed by atoms with Crippen molar-refractivity contribution < 1.29 is 0 Å². The number of halogens is 1. The first kappa shape index (κ1) is 12.4. The molecule has 0 bridgehead atoms. The fourth-order valence-corrected chi connectivity index (χ4v) is 2.87. The maximum atomic E-state index is 3.50. The normalized spacial score (nSPS) is 21.5. The summed E-state index contributed by atoms with van der Waals surface area (Å²) in [5, 5.41) is 0. The molecule has 19 heavy (non-hydrogen) atoms. The van der Waals surface area contributed by atoms with E-state index in [1.807, 2.05) is 0 Å². The standard InChI is InChI=1S/C18H15Br/c19-16-12-10-15(11-13-16)18-9-5-4-8-17(18)14-6-2-1-3-7-14/h1-13,17-18H. The van der Waals surface area contributed by atoms with Gasteiger partial charge in [0.05, 0.1) is 0 Å². The zero-order valence-corrected chi connectivity index (χ0v) is 12.1. The van der Waals surface area contributed by atoms with Gasteiger partial charge in [0.25, 0.3) is 0 Å². The molecular weight excluding hydrogens is 296 g/mol. The van der Waals surface area contributed by atoms with Crippen molar-refractivity contribution in [2.75, 3.05) is 0 Å². The van der Waals surface area contributed by atoms with Crippen LogP contribution in [0, 0.1) is 0 Å². The Morgan fingerprint density at radius 2 is 1.16 bits per heavy atom. The van der Waals surface area contributed by atoms with Crippen LogP contribution in [0.1, 0.15) is 23.0 Å². The molecule has 0 aromatic heterocycles. The third-order valence-electron chi connectivity index (χ3n) is 3.57. The van der Waals surface area contributed by atoms with Crippen molar-refractivity contribution in [3.63, 3.8) is 0 Å². The molecule has 1 aliphatic carbocycles. The van der Waals surface area contributed by atoms with Gasteiger partial charge in [0.1, 0.15) is 0 Å². The molecule has 0 aliphatic heterocycles. The summed E-state index contributed by atoms with van der Waals surface area (Å²) in [5.41, 5.74) is 2.73. The highest BCUT2D eigenvalue weighted by atomic mass is 79.9. The lowest BCUT2D eigenvalue weighted by atomic mass is 9.79. The van der Waals surface area contributed by atoms with Gasteiger partial charge in [-0.05, 0) is 23.3 Å². The first-order valence-electron chi connectivity index (χ1n) is 6.50. The Labute approximate surface area is 122 Å². The smallest absolute Gasteiger partial charge is 0.0175 e. The molecule has 0 nitrogen and oxygen atoms in total. The fourth-order valence-electron chi connectivity index (χ4n) is 2.60. The van der Waals surface area contributed by atoms with E-state index >= 15 is 0 Å². The van der Waals surface area contributed by atoms with E-state index in [1.165, 1.54) is 11.1 Å². The monoisotopic (exact) mass is 310 g/mol. The van der Waals surface area contributed by atoms with E-state index in [4.69, 9.17) is 0 Å². The molecule has 2 aromatic rings. The zero-order valence-electron chi connectivity index (χ0n) is 10.5. The van der Waals surface area contributed by atoms with E-state index in [-0.39, 0.29) is 0 Å². The Balaban J connectivity index is 1.97. The highest BCUT2D eigenvalue weighted by Gasteiger charge is 2.21. The molecule has 0 fully saturated rings. The summed E-state index contributed by atoms with van der Waals surface area (Å²) < 4.78 is 1.13. The van der Waals surface area contributed by atoms with E-state index in [0.29, 0.717) is 11.8 Å². The molecule has 2 unspecified atom stereocenters. The van der Waals surface area contributed by atoms with Gasteiger partial charge in [-0.1, -0.05) is 82.7 Å². The molecule has 0 amide bonds. The second-order valence-corrected chi connectivity index (χ2v) is 5.70. The third kappa shape index (κ3) is 2.71. The zero-order chi connectivity index (χ0) is 13.1. The van der Waals surface area contributed by atoms with E-state index in [0.717, 1.165) is 4.47 Å². The first-order valence-corrected chi connectivity index (χ1v) is 7.29. The SMILES string of the molecule is Brc1ccc(C2C=CC=CC2c2ccccc2)cc1. The van der Waals surface area contributed by atoms with Crippen molar-refractivity contribution in [2.45, 2.75) is 11.8 Å². The van der Waals surface area contributed by atoms with Gasteiger partial charge in [-0.25, -0.2) is 0 Å². The molecule has 3 rings (SSSR count). The van der Waals surface area contributed by atoms with E-state index in [1.54, 1.807) is 0 Å². The average molecular weight is 311 g/mol. The summed E-state index contributed by atoms with van der Waals surface area (Å²) in [6.45, 7) is 0. The molecular formula is C18H15Br. The molecule has 0 spiro atoms. The van der Waals surface area contributed by atoms with Gasteiger partial charge in [-0.3, -0.25) is 0 Å². The summed E-state index contributed by atoms with van der Waals surface area (Å²) in [7, 11) is 0. The number of allylic oxidation sites excluding steroid dienone is 4. The van der Waals surface area contributed by atoms with Gasteiger partial charge >= 0.3 is 0 Å². The topological polar surface area (TPSA) is 0 Å². The summed E-state index contributed by atoms with van der Waals surface area (Å²) in [6.07, 6.45) is 8.88. The van der Waals surface area contributed by atoms with E-state index in [2.05, 4.69) is 94.8 Å². The lowest BCUT2D eigenvalue weighted by Crippen LogP contribution is -2.09. The Morgan fingerprint density at radius 3 is 1.74 bits per heavy atom. The molecule has 0 saturated carbocycles. The van der Waals surface area contributed by atoms with E-state index in [9.17, 15) is 0 Å². The molecule has 2 atom stereocenters. The van der Waals surface area contributed by atoms with Crippen molar-refractivity contribution in [3.8, 4) is 0 Å². The largest absolute Gasteiger partial charge is 0.0761 e. The van der Waals surface area contributed by atoms with Crippen LogP contribution in [0.2, 0.25) is 0 Å². The second kappa shape index (κ2) is 5.58. The van der Waals surface area contributed by atoms with Gasteiger partial charge in [0, 0.05) is 16.3 Å². The van der Waals surface area contributed by atoms with Crippen LogP contribution in [0.15, 0.2) is 83.4 Å². The second-order valence-electron chi connectivity index (χ2n) is 4.78. The lowest BCUT2D eigenvalue weighted by Gasteiger charge is -2.25. The Morgan fingerprint density at radius 1 is 0.632 bits per heavy atom. The van der Waals surface area contributed by atoms with Crippen LogP contribution in [-0.2, 0) is 0 Å². The summed E-state index contributed by atoms with van der Waals surface area (Å²) in [6, 6.07) is 19.3. The van der Waals surface area contributed by atoms with Gasteiger partial charge in [0.15, 0.2) is 0 Å². The van der Waals surface area contributed by atoms with Crippen molar-refractivity contribution in [3.05, 3.63) is 94.5 Å². The van der Waals surface area contributed by atoms with Crippen LogP contribution in [0.4, 0.5) is 0 Å². The predicted octanol–water partition coefficient (Wildman–Crippen LogP) is 5.44. The highest BCUT2D eigenvalue weighted by Crippen LogP contribution is 2.37. The van der Waals surface area contributed by atoms with Crippen molar-refractivity contribution in [2.24, 2.45) is 0 Å². The number of hydrogen-bond donors (Lipinski definition) is 0. The Bertz CT molecular complexity index is 593. The Kier molecular flexibility index (Phi) is 3.65. The van der Waals surface area contributed by atoms with Crippen LogP contribution >= 0.6 is 15.9 Å². The Hall–Kier alpha value is -1.60. The maximum Gasteiger partial charge on any atom is 0.0175 e. The van der Waals surface area contributed by atoms with Crippen molar-refractivity contribution in [1.82, 2.24) is 0 Å². The van der Waals surface area contributed by atoms with Gasteiger partial charge in [-0.15, -0.1) is 0 Å². The average Bonchev–Trinajstić information content (AvgIpc) is 2.49. The van der Waals surface area contributed by atoms with Crippen LogP contribution in [0.3, 0.4) is 0 Å². The molecule has 1 heteroatoms. The fraction of sp³-hybridized carbons (Fsp3) is 0.111. The third-order valence-corrected chi connectivity index (χ3v) is 4.10. The van der Waals surface area contributed by atoms with Crippen molar-refractivity contribution in [1.29, 1.82) is 0 Å². The number of hydrogen-bond acceptors (Lipinski definition) is 0. The maximum absolute atomic E-state index is 3.50. The molecule has 0 radical (unpaired) electrons. The highest BCUT2D eigenvalue weighted by molar-refractivity contribution is 9.10. The molecule has 2 aromatic carbocycles. The van der Waals surface area contributed by atoms with Crippen LogP contribution in [0.25, 0.3) is 0 Å². The lowest BCUT2D eigenvalue weighted by molar-refractivity contribution is 0.730. The minimum Gasteiger partial charge on any atom is -0.0761 e. The molecule has 0 heterocycles. The number of rotatable bonds is 2. The van der Waals surface area contributed by atoms with Crippen LogP contribution in [0.5, 0.6) is 0 Å². The van der Waals surface area contributed by atoms with Crippen molar-refractivity contribution >= 4 is 15.9 Å². The predicted molar refractivity (Wildman–Crippen MR) is 84.3 cm³/mol. The minimum atomic E-state index is 0.417. The number of benzene rings is 2. The summed E-state index contributed by atoms with van der Waals surface area (Å²) in [4.78, 5) is 0. The van der Waals surface area contributed by atoms with Gasteiger partial charge in [0.2, 0.25) is 0 Å². The van der Waals surface area contributed by atoms with E-state index < -0.39 is 0 Å². The summed E-state index contributed by atoms with van der Waals surface area (Å²) in [5.74, 6) is 0.841. The van der Waals surface area contributed by atoms with Crippen LogP contribution < -0.4 is 0 Å². The van der Waals surface area contributed by atoms with Gasteiger partial charge < -0.3 is 0 Å². The molecule has 1 aliphatic rings. The first-order chi connectivity index (χ1) is 9.34. The van der Waals surface area contributed by atoms with Crippen LogP contribution in [-0.4, -0.2) is 0 Å². The molecule has 94 valence electrons. The minimum absolute atomic E-state index is 0.417. The summed E-state index contributed by atoms with van der Waals surface area (Å²) >= 11 is 3.50.